The Balaban J connectivity index is 1.85. The number of rotatable bonds is 4. The largest absolute Gasteiger partial charge is 0.342 e. The van der Waals surface area contributed by atoms with Gasteiger partial charge in [-0.2, -0.15) is 0 Å². The van der Waals surface area contributed by atoms with E-state index in [9.17, 15) is 4.79 Å². The van der Waals surface area contributed by atoms with Gasteiger partial charge in [0.05, 0.1) is 6.54 Å². The molecule has 19 heavy (non-hydrogen) atoms. The third-order valence-electron chi connectivity index (χ3n) is 3.82. The van der Waals surface area contributed by atoms with Crippen LogP contribution in [-0.2, 0) is 11.3 Å². The quantitative estimate of drug-likeness (QED) is 0.830. The Bertz CT molecular complexity index is 425. The van der Waals surface area contributed by atoms with E-state index < -0.39 is 0 Å². The van der Waals surface area contributed by atoms with Gasteiger partial charge < -0.3 is 4.90 Å². The van der Waals surface area contributed by atoms with Crippen LogP contribution in [0, 0.1) is 6.92 Å². The molecule has 1 aromatic rings. The average Bonchev–Trinajstić information content (AvgIpc) is 2.42. The summed E-state index contributed by atoms with van der Waals surface area (Å²) in [5.74, 6) is 0.274. The van der Waals surface area contributed by atoms with E-state index in [1.807, 2.05) is 11.9 Å². The zero-order valence-electron chi connectivity index (χ0n) is 12.1. The van der Waals surface area contributed by atoms with Gasteiger partial charge in [-0.3, -0.25) is 9.69 Å². The van der Waals surface area contributed by atoms with Crippen molar-refractivity contribution in [2.75, 3.05) is 26.7 Å². The number of aryl methyl sites for hydroxylation is 1. The number of benzene rings is 1. The topological polar surface area (TPSA) is 23.6 Å². The molecule has 1 aliphatic rings. The van der Waals surface area contributed by atoms with Crippen LogP contribution < -0.4 is 0 Å². The minimum absolute atomic E-state index is 0.274. The number of amides is 1. The Hall–Kier alpha value is -1.35. The molecule has 1 amide bonds. The first-order valence-electron chi connectivity index (χ1n) is 7.17. The third-order valence-corrected chi connectivity index (χ3v) is 3.82. The van der Waals surface area contributed by atoms with Crippen LogP contribution in [0.3, 0.4) is 0 Å². The van der Waals surface area contributed by atoms with E-state index in [0.717, 1.165) is 32.5 Å². The Morgan fingerprint density at radius 1 is 1.21 bits per heavy atom. The molecule has 1 aliphatic heterocycles. The van der Waals surface area contributed by atoms with Crippen molar-refractivity contribution in [3.8, 4) is 0 Å². The molecule has 0 spiro atoms. The molecule has 0 aromatic heterocycles. The van der Waals surface area contributed by atoms with Crippen LogP contribution in [0.1, 0.15) is 30.4 Å². The summed E-state index contributed by atoms with van der Waals surface area (Å²) < 4.78 is 0. The number of likely N-dealkylation sites (N-methyl/N-ethyl adjacent to an activating group) is 1. The first-order chi connectivity index (χ1) is 9.16. The Morgan fingerprint density at radius 2 is 1.89 bits per heavy atom. The van der Waals surface area contributed by atoms with E-state index in [0.29, 0.717) is 6.54 Å². The van der Waals surface area contributed by atoms with E-state index in [1.165, 1.54) is 17.5 Å². The number of likely N-dealkylation sites (tertiary alicyclic amines) is 1. The first kappa shape index (κ1) is 14.1. The van der Waals surface area contributed by atoms with Crippen LogP contribution in [0.4, 0.5) is 0 Å². The smallest absolute Gasteiger partial charge is 0.236 e. The van der Waals surface area contributed by atoms with E-state index in [4.69, 9.17) is 0 Å². The lowest BCUT2D eigenvalue weighted by atomic mass is 10.1. The average molecular weight is 260 g/mol. The van der Waals surface area contributed by atoms with E-state index in [2.05, 4.69) is 36.1 Å². The Morgan fingerprint density at radius 3 is 2.58 bits per heavy atom. The van der Waals surface area contributed by atoms with Crippen molar-refractivity contribution in [3.05, 3.63) is 35.4 Å². The summed E-state index contributed by atoms with van der Waals surface area (Å²) in [6, 6.07) is 8.37. The highest BCUT2D eigenvalue weighted by atomic mass is 16.2. The normalized spacial score (nSPS) is 15.8. The summed E-state index contributed by atoms with van der Waals surface area (Å²) in [6.07, 6.45) is 3.59. The predicted molar refractivity (Wildman–Crippen MR) is 77.9 cm³/mol. The van der Waals surface area contributed by atoms with Crippen molar-refractivity contribution in [1.29, 1.82) is 0 Å². The van der Waals surface area contributed by atoms with Gasteiger partial charge in [0.1, 0.15) is 0 Å². The zero-order valence-corrected chi connectivity index (χ0v) is 12.1. The molecule has 3 heteroatoms. The van der Waals surface area contributed by atoms with E-state index in [1.54, 1.807) is 0 Å². The van der Waals surface area contributed by atoms with Crippen LogP contribution in [0.5, 0.6) is 0 Å². The van der Waals surface area contributed by atoms with Gasteiger partial charge in [0.2, 0.25) is 5.91 Å². The molecule has 0 N–H and O–H groups in total. The second-order valence-corrected chi connectivity index (χ2v) is 5.54. The maximum Gasteiger partial charge on any atom is 0.236 e. The van der Waals surface area contributed by atoms with Crippen LogP contribution in [-0.4, -0.2) is 42.4 Å². The monoisotopic (exact) mass is 260 g/mol. The number of carbonyl (C=O) groups excluding carboxylic acids is 1. The molecule has 1 saturated heterocycles. The van der Waals surface area contributed by atoms with Gasteiger partial charge in [-0.1, -0.05) is 24.3 Å². The summed E-state index contributed by atoms with van der Waals surface area (Å²) in [5, 5.41) is 0. The summed E-state index contributed by atoms with van der Waals surface area (Å²) in [4.78, 5) is 16.3. The molecule has 104 valence electrons. The maximum atomic E-state index is 12.2. The fourth-order valence-electron chi connectivity index (χ4n) is 2.61. The SMILES string of the molecule is Cc1ccccc1CN(C)CC(=O)N1CCCCC1. The molecule has 2 rings (SSSR count). The van der Waals surface area contributed by atoms with E-state index >= 15 is 0 Å². The predicted octanol–water partition coefficient (Wildman–Crippen LogP) is 2.44. The second kappa shape index (κ2) is 6.71. The highest BCUT2D eigenvalue weighted by Gasteiger charge is 2.17. The van der Waals surface area contributed by atoms with Gasteiger partial charge in [0.25, 0.3) is 0 Å². The maximum absolute atomic E-state index is 12.2. The van der Waals surface area contributed by atoms with Gasteiger partial charge in [-0.05, 0) is 44.4 Å². The molecule has 0 saturated carbocycles. The van der Waals surface area contributed by atoms with Crippen molar-refractivity contribution in [1.82, 2.24) is 9.80 Å². The summed E-state index contributed by atoms with van der Waals surface area (Å²) in [7, 11) is 2.02. The Kier molecular flexibility index (Phi) is 4.97. The molecule has 1 fully saturated rings. The lowest BCUT2D eigenvalue weighted by Crippen LogP contribution is -2.41. The molecule has 1 aromatic carbocycles. The standard InChI is InChI=1S/C16H24N2O/c1-14-8-4-5-9-15(14)12-17(2)13-16(19)18-10-6-3-7-11-18/h4-5,8-9H,3,6-7,10-13H2,1-2H3. The van der Waals surface area contributed by atoms with Crippen molar-refractivity contribution in [3.63, 3.8) is 0 Å². The van der Waals surface area contributed by atoms with Crippen LogP contribution in [0.25, 0.3) is 0 Å². The molecule has 0 aliphatic carbocycles. The lowest BCUT2D eigenvalue weighted by molar-refractivity contribution is -0.133. The van der Waals surface area contributed by atoms with Crippen molar-refractivity contribution < 1.29 is 4.79 Å². The van der Waals surface area contributed by atoms with Crippen molar-refractivity contribution >= 4 is 5.91 Å². The summed E-state index contributed by atoms with van der Waals surface area (Å²) in [6.45, 7) is 5.37. The molecule has 0 radical (unpaired) electrons. The highest BCUT2D eigenvalue weighted by Crippen LogP contribution is 2.11. The molecular formula is C16H24N2O. The zero-order chi connectivity index (χ0) is 13.7. The van der Waals surface area contributed by atoms with Crippen LogP contribution in [0.2, 0.25) is 0 Å². The number of carbonyl (C=O) groups is 1. The minimum Gasteiger partial charge on any atom is -0.342 e. The Labute approximate surface area is 116 Å². The molecule has 0 bridgehead atoms. The third kappa shape index (κ3) is 4.06. The number of nitrogens with zero attached hydrogens (tertiary/aromatic N) is 2. The summed E-state index contributed by atoms with van der Waals surface area (Å²) in [5.41, 5.74) is 2.59. The van der Waals surface area contributed by atoms with Gasteiger partial charge in [-0.25, -0.2) is 0 Å². The number of piperidine rings is 1. The van der Waals surface area contributed by atoms with Crippen LogP contribution in [0.15, 0.2) is 24.3 Å². The first-order valence-corrected chi connectivity index (χ1v) is 7.17. The van der Waals surface area contributed by atoms with Crippen LogP contribution >= 0.6 is 0 Å². The van der Waals surface area contributed by atoms with Gasteiger partial charge in [0.15, 0.2) is 0 Å². The molecule has 1 heterocycles. The van der Waals surface area contributed by atoms with Crippen molar-refractivity contribution in [2.45, 2.75) is 32.7 Å². The van der Waals surface area contributed by atoms with Gasteiger partial charge in [-0.15, -0.1) is 0 Å². The fourth-order valence-corrected chi connectivity index (χ4v) is 2.61. The minimum atomic E-state index is 0.274. The number of hydrogen-bond donors (Lipinski definition) is 0. The highest BCUT2D eigenvalue weighted by molar-refractivity contribution is 5.78. The second-order valence-electron chi connectivity index (χ2n) is 5.54. The molecule has 0 unspecified atom stereocenters. The van der Waals surface area contributed by atoms with E-state index in [-0.39, 0.29) is 5.91 Å². The number of hydrogen-bond acceptors (Lipinski definition) is 2. The fraction of sp³-hybridized carbons (Fsp3) is 0.562. The molecule has 0 atom stereocenters. The molecular weight excluding hydrogens is 236 g/mol. The van der Waals surface area contributed by atoms with Gasteiger partial charge >= 0.3 is 0 Å². The molecule has 3 nitrogen and oxygen atoms in total. The summed E-state index contributed by atoms with van der Waals surface area (Å²) >= 11 is 0. The van der Waals surface area contributed by atoms with Gasteiger partial charge in [0, 0.05) is 19.6 Å². The van der Waals surface area contributed by atoms with Crippen molar-refractivity contribution in [2.24, 2.45) is 0 Å². The lowest BCUT2D eigenvalue weighted by Gasteiger charge is -2.28.